The molecule has 0 saturated carbocycles. The van der Waals surface area contributed by atoms with E-state index in [1.165, 1.54) is 0 Å². The van der Waals surface area contributed by atoms with Crippen molar-refractivity contribution in [1.29, 1.82) is 0 Å². The Bertz CT molecular complexity index is 552. The first kappa shape index (κ1) is 18.8. The lowest BCUT2D eigenvalue weighted by molar-refractivity contribution is 0.0464. The lowest BCUT2D eigenvalue weighted by Crippen LogP contribution is -2.62. The van der Waals surface area contributed by atoms with E-state index < -0.39 is 0 Å². The molecule has 0 radical (unpaired) electrons. The Hall–Kier alpha value is -1.55. The van der Waals surface area contributed by atoms with Crippen molar-refractivity contribution in [3.63, 3.8) is 0 Å². The third-order valence-corrected chi connectivity index (χ3v) is 4.50. The molecular formula is C20H33N3O. The predicted molar refractivity (Wildman–Crippen MR) is 102 cm³/mol. The van der Waals surface area contributed by atoms with E-state index in [-0.39, 0.29) is 6.03 Å². The maximum absolute atomic E-state index is 12.5. The third-order valence-electron chi connectivity index (χ3n) is 4.50. The molecule has 1 N–H and O–H groups in total. The number of nitrogens with one attached hydrogen (secondary N) is 1. The van der Waals surface area contributed by atoms with Crippen LogP contribution in [0.5, 0.6) is 0 Å². The van der Waals surface area contributed by atoms with Gasteiger partial charge in [0.1, 0.15) is 0 Å². The highest BCUT2D eigenvalue weighted by molar-refractivity contribution is 5.90. The SMILES string of the molecule is Cc1ccc(C)c(NC(=O)N2CC(N(CC(C)C)CC(C)C)C2)c1. The van der Waals surface area contributed by atoms with Crippen LogP contribution in [0.15, 0.2) is 18.2 Å². The zero-order valence-electron chi connectivity index (χ0n) is 16.1. The quantitative estimate of drug-likeness (QED) is 0.850. The molecule has 0 spiro atoms. The minimum atomic E-state index is 0.0222. The van der Waals surface area contributed by atoms with Crippen LogP contribution in [-0.2, 0) is 0 Å². The standard InChI is InChI=1S/C20H33N3O/c1-14(2)10-22(11-15(3)4)18-12-23(13-18)20(24)21-19-9-16(5)7-8-17(19)6/h7-9,14-15,18H,10-13H2,1-6H3,(H,21,24). The molecule has 4 heteroatoms. The van der Waals surface area contributed by atoms with Crippen molar-refractivity contribution >= 4 is 11.7 Å². The Kier molecular flexibility index (Phi) is 6.27. The van der Waals surface area contributed by atoms with Gasteiger partial charge < -0.3 is 10.2 Å². The number of carbonyl (C=O) groups is 1. The van der Waals surface area contributed by atoms with Gasteiger partial charge in [-0.25, -0.2) is 4.79 Å². The summed E-state index contributed by atoms with van der Waals surface area (Å²) in [6.45, 7) is 17.0. The molecule has 1 aliphatic rings. The van der Waals surface area contributed by atoms with Gasteiger partial charge in [-0.05, 0) is 42.9 Å². The molecule has 0 unspecified atom stereocenters. The first-order chi connectivity index (χ1) is 11.3. The van der Waals surface area contributed by atoms with Crippen LogP contribution in [0.1, 0.15) is 38.8 Å². The van der Waals surface area contributed by atoms with Gasteiger partial charge in [-0.1, -0.05) is 39.8 Å². The molecule has 2 rings (SSSR count). The van der Waals surface area contributed by atoms with Crippen molar-refractivity contribution in [2.75, 3.05) is 31.5 Å². The van der Waals surface area contributed by atoms with Gasteiger partial charge in [-0.3, -0.25) is 4.90 Å². The first-order valence-electron chi connectivity index (χ1n) is 9.13. The van der Waals surface area contributed by atoms with Crippen LogP contribution in [0.25, 0.3) is 0 Å². The molecular weight excluding hydrogens is 298 g/mol. The van der Waals surface area contributed by atoms with Crippen molar-refractivity contribution < 1.29 is 4.79 Å². The third kappa shape index (κ3) is 4.97. The fourth-order valence-electron chi connectivity index (χ4n) is 3.23. The first-order valence-corrected chi connectivity index (χ1v) is 9.13. The summed E-state index contributed by atoms with van der Waals surface area (Å²) in [5.41, 5.74) is 3.19. The van der Waals surface area contributed by atoms with Crippen LogP contribution < -0.4 is 5.32 Å². The van der Waals surface area contributed by atoms with E-state index in [4.69, 9.17) is 0 Å². The van der Waals surface area contributed by atoms with Crippen molar-refractivity contribution in [3.8, 4) is 0 Å². The predicted octanol–water partition coefficient (Wildman–Crippen LogP) is 4.13. The summed E-state index contributed by atoms with van der Waals surface area (Å²) in [7, 11) is 0. The highest BCUT2D eigenvalue weighted by Crippen LogP contribution is 2.21. The molecule has 0 aromatic heterocycles. The van der Waals surface area contributed by atoms with Crippen LogP contribution in [-0.4, -0.2) is 48.1 Å². The highest BCUT2D eigenvalue weighted by atomic mass is 16.2. The average Bonchev–Trinajstić information content (AvgIpc) is 2.39. The van der Waals surface area contributed by atoms with Crippen LogP contribution in [0.4, 0.5) is 10.5 Å². The van der Waals surface area contributed by atoms with Gasteiger partial charge in [0.15, 0.2) is 0 Å². The van der Waals surface area contributed by atoms with E-state index in [1.54, 1.807) is 0 Å². The normalized spacial score (nSPS) is 15.3. The van der Waals surface area contributed by atoms with Crippen molar-refractivity contribution in [1.82, 2.24) is 9.80 Å². The molecule has 1 aromatic carbocycles. The molecule has 1 aliphatic heterocycles. The summed E-state index contributed by atoms with van der Waals surface area (Å²) in [5, 5.41) is 3.06. The van der Waals surface area contributed by atoms with Gasteiger partial charge in [0.25, 0.3) is 0 Å². The molecule has 0 bridgehead atoms. The average molecular weight is 332 g/mol. The van der Waals surface area contributed by atoms with Gasteiger partial charge in [-0.2, -0.15) is 0 Å². The highest BCUT2D eigenvalue weighted by Gasteiger charge is 2.35. The molecule has 0 aliphatic carbocycles. The van der Waals surface area contributed by atoms with E-state index in [0.29, 0.717) is 17.9 Å². The molecule has 1 aromatic rings. The Morgan fingerprint density at radius 2 is 1.75 bits per heavy atom. The number of nitrogens with zero attached hydrogens (tertiary/aromatic N) is 2. The molecule has 24 heavy (non-hydrogen) atoms. The lowest BCUT2D eigenvalue weighted by Gasteiger charge is -2.46. The number of likely N-dealkylation sites (tertiary alicyclic amines) is 1. The van der Waals surface area contributed by atoms with Crippen molar-refractivity contribution in [2.24, 2.45) is 11.8 Å². The van der Waals surface area contributed by atoms with E-state index in [2.05, 4.69) is 50.0 Å². The van der Waals surface area contributed by atoms with Crippen LogP contribution >= 0.6 is 0 Å². The zero-order valence-corrected chi connectivity index (χ0v) is 16.1. The topological polar surface area (TPSA) is 35.6 Å². The van der Waals surface area contributed by atoms with E-state index in [9.17, 15) is 4.79 Å². The van der Waals surface area contributed by atoms with E-state index in [1.807, 2.05) is 24.8 Å². The summed E-state index contributed by atoms with van der Waals surface area (Å²) in [4.78, 5) is 16.9. The molecule has 4 nitrogen and oxygen atoms in total. The minimum Gasteiger partial charge on any atom is -0.321 e. The van der Waals surface area contributed by atoms with E-state index >= 15 is 0 Å². The van der Waals surface area contributed by atoms with Crippen LogP contribution in [0, 0.1) is 25.7 Å². The maximum atomic E-state index is 12.5. The summed E-state index contributed by atoms with van der Waals surface area (Å²) >= 11 is 0. The molecule has 134 valence electrons. The van der Waals surface area contributed by atoms with Crippen LogP contribution in [0.2, 0.25) is 0 Å². The molecule has 1 heterocycles. The second-order valence-corrected chi connectivity index (χ2v) is 8.05. The molecule has 0 atom stereocenters. The Morgan fingerprint density at radius 3 is 2.29 bits per heavy atom. The molecule has 1 saturated heterocycles. The van der Waals surface area contributed by atoms with Gasteiger partial charge in [0, 0.05) is 37.9 Å². The summed E-state index contributed by atoms with van der Waals surface area (Å²) in [6, 6.07) is 6.68. The number of urea groups is 1. The zero-order chi connectivity index (χ0) is 17.9. The van der Waals surface area contributed by atoms with Gasteiger partial charge >= 0.3 is 6.03 Å². The lowest BCUT2D eigenvalue weighted by atomic mass is 10.0. The Labute approximate surface area is 147 Å². The number of hydrogen-bond acceptors (Lipinski definition) is 2. The Morgan fingerprint density at radius 1 is 1.17 bits per heavy atom. The van der Waals surface area contributed by atoms with Gasteiger partial charge in [0.05, 0.1) is 0 Å². The van der Waals surface area contributed by atoms with Gasteiger partial charge in [0.2, 0.25) is 0 Å². The number of rotatable bonds is 6. The second kappa shape index (κ2) is 8.02. The second-order valence-electron chi connectivity index (χ2n) is 8.05. The number of anilines is 1. The fourth-order valence-corrected chi connectivity index (χ4v) is 3.23. The van der Waals surface area contributed by atoms with E-state index in [0.717, 1.165) is 43.0 Å². The summed E-state index contributed by atoms with van der Waals surface area (Å²) in [5.74, 6) is 1.31. The summed E-state index contributed by atoms with van der Waals surface area (Å²) < 4.78 is 0. The molecule has 2 amide bonds. The smallest absolute Gasteiger partial charge is 0.321 e. The summed E-state index contributed by atoms with van der Waals surface area (Å²) in [6.07, 6.45) is 0. The number of carbonyl (C=O) groups excluding carboxylic acids is 1. The van der Waals surface area contributed by atoms with Crippen molar-refractivity contribution in [2.45, 2.75) is 47.6 Å². The number of aryl methyl sites for hydroxylation is 2. The largest absolute Gasteiger partial charge is 0.321 e. The monoisotopic (exact) mass is 331 g/mol. The number of benzene rings is 1. The maximum Gasteiger partial charge on any atom is 0.321 e. The minimum absolute atomic E-state index is 0.0222. The number of hydrogen-bond donors (Lipinski definition) is 1. The molecule has 1 fully saturated rings. The van der Waals surface area contributed by atoms with Gasteiger partial charge in [-0.15, -0.1) is 0 Å². The fraction of sp³-hybridized carbons (Fsp3) is 0.650. The number of amides is 2. The Balaban J connectivity index is 1.90. The van der Waals surface area contributed by atoms with Crippen LogP contribution in [0.3, 0.4) is 0 Å². The van der Waals surface area contributed by atoms with Crippen molar-refractivity contribution in [3.05, 3.63) is 29.3 Å².